The Morgan fingerprint density at radius 1 is 1.00 bits per heavy atom. The van der Waals surface area contributed by atoms with Crippen molar-refractivity contribution in [3.8, 4) is 11.5 Å². The number of ether oxygens (including phenoxy) is 1. The van der Waals surface area contributed by atoms with Crippen LogP contribution in [-0.4, -0.2) is 20.9 Å². The molecule has 1 amide bonds. The minimum Gasteiger partial charge on any atom is -0.457 e. The normalized spacial score (nSPS) is 11.1. The number of anilines is 1. The average Bonchev–Trinajstić information content (AvgIpc) is 2.57. The van der Waals surface area contributed by atoms with Crippen molar-refractivity contribution in [2.24, 2.45) is 0 Å². The van der Waals surface area contributed by atoms with Gasteiger partial charge in [0.15, 0.2) is 0 Å². The lowest BCUT2D eigenvalue weighted by Crippen LogP contribution is -2.24. The van der Waals surface area contributed by atoms with Gasteiger partial charge in [-0.3, -0.25) is 4.79 Å². The molecule has 0 bridgehead atoms. The Morgan fingerprint density at radius 2 is 1.56 bits per heavy atom. The van der Waals surface area contributed by atoms with E-state index >= 15 is 0 Å². The molecule has 0 spiro atoms. The summed E-state index contributed by atoms with van der Waals surface area (Å²) in [6.45, 7) is 3.87. The van der Waals surface area contributed by atoms with E-state index in [2.05, 4.69) is 10.0 Å². The van der Waals surface area contributed by atoms with E-state index in [1.807, 2.05) is 6.92 Å². The minimum absolute atomic E-state index is 0.141. The summed E-state index contributed by atoms with van der Waals surface area (Å²) in [6, 6.07) is 13.1. The van der Waals surface area contributed by atoms with Gasteiger partial charge >= 0.3 is 0 Å². The van der Waals surface area contributed by atoms with Crippen LogP contribution in [0.5, 0.6) is 11.5 Å². The SMILES string of the molecule is CCCCNS(=O)(=O)c1ccc(Oc2ccc(NC(C)=O)cc2)cc1. The van der Waals surface area contributed by atoms with Crippen molar-refractivity contribution in [1.82, 2.24) is 4.72 Å². The second-order valence-corrected chi connectivity index (χ2v) is 7.30. The maximum Gasteiger partial charge on any atom is 0.240 e. The van der Waals surface area contributed by atoms with Crippen molar-refractivity contribution in [2.45, 2.75) is 31.6 Å². The summed E-state index contributed by atoms with van der Waals surface area (Å²) >= 11 is 0. The van der Waals surface area contributed by atoms with Gasteiger partial charge in [-0.2, -0.15) is 0 Å². The molecule has 134 valence electrons. The molecule has 25 heavy (non-hydrogen) atoms. The first-order valence-electron chi connectivity index (χ1n) is 8.06. The smallest absolute Gasteiger partial charge is 0.240 e. The largest absolute Gasteiger partial charge is 0.457 e. The molecule has 7 heteroatoms. The summed E-state index contributed by atoms with van der Waals surface area (Å²) < 4.78 is 32.5. The standard InChI is InChI=1S/C18H22N2O4S/c1-3-4-13-19-25(22,23)18-11-9-17(10-12-18)24-16-7-5-15(6-8-16)20-14(2)21/h5-12,19H,3-4,13H2,1-2H3,(H,20,21). The van der Waals surface area contributed by atoms with Gasteiger partial charge in [0.2, 0.25) is 15.9 Å². The number of rotatable bonds is 8. The summed E-state index contributed by atoms with van der Waals surface area (Å²) in [7, 11) is -3.49. The number of amides is 1. The van der Waals surface area contributed by atoms with Crippen molar-refractivity contribution < 1.29 is 17.9 Å². The molecule has 0 aliphatic heterocycles. The number of benzene rings is 2. The number of carbonyl (C=O) groups is 1. The highest BCUT2D eigenvalue weighted by atomic mass is 32.2. The van der Waals surface area contributed by atoms with E-state index in [4.69, 9.17) is 4.74 Å². The fourth-order valence-electron chi connectivity index (χ4n) is 2.10. The first-order chi connectivity index (χ1) is 11.9. The van der Waals surface area contributed by atoms with Gasteiger partial charge in [-0.1, -0.05) is 13.3 Å². The molecular formula is C18H22N2O4S. The monoisotopic (exact) mass is 362 g/mol. The molecule has 2 N–H and O–H groups in total. The molecule has 0 aliphatic carbocycles. The van der Waals surface area contributed by atoms with Gasteiger partial charge < -0.3 is 10.1 Å². The minimum atomic E-state index is -3.49. The lowest BCUT2D eigenvalue weighted by atomic mass is 10.3. The molecule has 0 atom stereocenters. The quantitative estimate of drug-likeness (QED) is 0.704. The lowest BCUT2D eigenvalue weighted by Gasteiger charge is -2.09. The highest BCUT2D eigenvalue weighted by Crippen LogP contribution is 2.24. The third-order valence-electron chi connectivity index (χ3n) is 3.37. The Balaban J connectivity index is 2.01. The van der Waals surface area contributed by atoms with Gasteiger partial charge in [-0.15, -0.1) is 0 Å². The third kappa shape index (κ3) is 5.88. The zero-order valence-corrected chi connectivity index (χ0v) is 15.1. The average molecular weight is 362 g/mol. The predicted octanol–water partition coefficient (Wildman–Crippen LogP) is 3.52. The van der Waals surface area contributed by atoms with E-state index in [0.29, 0.717) is 23.7 Å². The maximum atomic E-state index is 12.1. The Hall–Kier alpha value is -2.38. The van der Waals surface area contributed by atoms with Crippen LogP contribution in [0.25, 0.3) is 0 Å². The summed E-state index contributed by atoms with van der Waals surface area (Å²) in [6.07, 6.45) is 1.73. The summed E-state index contributed by atoms with van der Waals surface area (Å²) in [4.78, 5) is 11.2. The second kappa shape index (κ2) is 8.64. The Morgan fingerprint density at radius 3 is 2.08 bits per heavy atom. The molecule has 0 saturated carbocycles. The van der Waals surface area contributed by atoms with E-state index in [0.717, 1.165) is 12.8 Å². The zero-order valence-electron chi connectivity index (χ0n) is 14.3. The van der Waals surface area contributed by atoms with Crippen LogP contribution in [0.15, 0.2) is 53.4 Å². The van der Waals surface area contributed by atoms with Crippen LogP contribution >= 0.6 is 0 Å². The van der Waals surface area contributed by atoms with Gasteiger partial charge in [-0.25, -0.2) is 13.1 Å². The molecule has 6 nitrogen and oxygen atoms in total. The molecule has 0 radical (unpaired) electrons. The molecule has 2 aromatic carbocycles. The maximum absolute atomic E-state index is 12.1. The molecule has 2 aromatic rings. The fourth-order valence-corrected chi connectivity index (χ4v) is 3.17. The Labute approximate surface area is 148 Å². The topological polar surface area (TPSA) is 84.5 Å². The molecule has 0 heterocycles. The second-order valence-electron chi connectivity index (χ2n) is 5.53. The van der Waals surface area contributed by atoms with Crippen LogP contribution in [0.2, 0.25) is 0 Å². The summed E-state index contributed by atoms with van der Waals surface area (Å²) in [5.41, 5.74) is 0.680. The molecule has 0 fully saturated rings. The van der Waals surface area contributed by atoms with Gasteiger partial charge in [-0.05, 0) is 55.0 Å². The number of hydrogen-bond acceptors (Lipinski definition) is 4. The highest BCUT2D eigenvalue weighted by Gasteiger charge is 2.13. The van der Waals surface area contributed by atoms with Crippen LogP contribution in [0.4, 0.5) is 5.69 Å². The van der Waals surface area contributed by atoms with Crippen molar-refractivity contribution in [3.63, 3.8) is 0 Å². The molecule has 0 unspecified atom stereocenters. The Kier molecular flexibility index (Phi) is 6.55. The van der Waals surface area contributed by atoms with Crippen LogP contribution in [0.1, 0.15) is 26.7 Å². The number of sulfonamides is 1. The van der Waals surface area contributed by atoms with E-state index in [-0.39, 0.29) is 10.8 Å². The molecular weight excluding hydrogens is 340 g/mol. The van der Waals surface area contributed by atoms with Gasteiger partial charge in [0, 0.05) is 19.2 Å². The van der Waals surface area contributed by atoms with E-state index in [9.17, 15) is 13.2 Å². The molecule has 0 aromatic heterocycles. The lowest BCUT2D eigenvalue weighted by molar-refractivity contribution is -0.114. The van der Waals surface area contributed by atoms with Crippen molar-refractivity contribution in [3.05, 3.63) is 48.5 Å². The number of unbranched alkanes of at least 4 members (excludes halogenated alkanes) is 1. The zero-order chi connectivity index (χ0) is 18.3. The van der Waals surface area contributed by atoms with E-state index in [1.165, 1.54) is 19.1 Å². The van der Waals surface area contributed by atoms with Crippen LogP contribution in [0.3, 0.4) is 0 Å². The molecule has 0 aliphatic rings. The van der Waals surface area contributed by atoms with Crippen LogP contribution in [0, 0.1) is 0 Å². The van der Waals surface area contributed by atoms with Gasteiger partial charge in [0.25, 0.3) is 0 Å². The predicted molar refractivity (Wildman–Crippen MR) is 97.4 cm³/mol. The van der Waals surface area contributed by atoms with Gasteiger partial charge in [0.1, 0.15) is 11.5 Å². The van der Waals surface area contributed by atoms with E-state index < -0.39 is 10.0 Å². The van der Waals surface area contributed by atoms with Crippen molar-refractivity contribution in [2.75, 3.05) is 11.9 Å². The third-order valence-corrected chi connectivity index (χ3v) is 4.84. The summed E-state index contributed by atoms with van der Waals surface area (Å²) in [5.74, 6) is 0.976. The Bertz CT molecular complexity index is 800. The first-order valence-corrected chi connectivity index (χ1v) is 9.54. The fraction of sp³-hybridized carbons (Fsp3) is 0.278. The number of nitrogens with one attached hydrogen (secondary N) is 2. The number of hydrogen-bond donors (Lipinski definition) is 2. The van der Waals surface area contributed by atoms with Crippen molar-refractivity contribution in [1.29, 1.82) is 0 Å². The van der Waals surface area contributed by atoms with Crippen molar-refractivity contribution >= 4 is 21.6 Å². The molecule has 2 rings (SSSR count). The van der Waals surface area contributed by atoms with Crippen LogP contribution in [-0.2, 0) is 14.8 Å². The number of carbonyl (C=O) groups excluding carboxylic acids is 1. The van der Waals surface area contributed by atoms with Crippen LogP contribution < -0.4 is 14.8 Å². The summed E-state index contributed by atoms with van der Waals surface area (Å²) in [5, 5.41) is 2.67. The highest BCUT2D eigenvalue weighted by molar-refractivity contribution is 7.89. The molecule has 0 saturated heterocycles. The first kappa shape index (κ1) is 19.0. The van der Waals surface area contributed by atoms with E-state index in [1.54, 1.807) is 36.4 Å². The van der Waals surface area contributed by atoms with Gasteiger partial charge in [0.05, 0.1) is 4.90 Å².